The summed E-state index contributed by atoms with van der Waals surface area (Å²) >= 11 is 0. The molecule has 1 saturated heterocycles. The van der Waals surface area contributed by atoms with Gasteiger partial charge in [0.25, 0.3) is 0 Å². The molecule has 1 unspecified atom stereocenters. The maximum absolute atomic E-state index is 13.0. The fraction of sp³-hybridized carbons (Fsp3) is 0.391. The van der Waals surface area contributed by atoms with Gasteiger partial charge in [-0.2, -0.15) is 0 Å². The van der Waals surface area contributed by atoms with Crippen LogP contribution in [0.4, 0.5) is 10.1 Å². The zero-order valence-electron chi connectivity index (χ0n) is 18.4. The van der Waals surface area contributed by atoms with Gasteiger partial charge in [0.2, 0.25) is 5.91 Å². The molecule has 32 heavy (non-hydrogen) atoms. The molecule has 1 aliphatic rings. The minimum atomic E-state index is -0.350. The van der Waals surface area contributed by atoms with Gasteiger partial charge in [0.15, 0.2) is 5.96 Å². The van der Waals surface area contributed by atoms with Crippen molar-refractivity contribution in [3.63, 3.8) is 0 Å². The number of aliphatic imine (C=N–C) groups is 1. The number of methoxy groups -OCH3 is 1. The summed E-state index contributed by atoms with van der Waals surface area (Å²) in [5, 5.41) is 9.05. The Bertz CT molecular complexity index is 884. The Balaban J connectivity index is 1.56. The highest BCUT2D eigenvalue weighted by molar-refractivity contribution is 5.94. The van der Waals surface area contributed by atoms with E-state index in [9.17, 15) is 9.18 Å². The van der Waals surface area contributed by atoms with Crippen LogP contribution in [0, 0.1) is 5.82 Å². The van der Waals surface area contributed by atoms with Crippen molar-refractivity contribution in [3.05, 3.63) is 59.9 Å². The first-order valence-electron chi connectivity index (χ1n) is 10.5. The van der Waals surface area contributed by atoms with Crippen molar-refractivity contribution in [1.82, 2.24) is 15.5 Å². The number of hydrogen-bond acceptors (Lipinski definition) is 5. The molecule has 0 spiro atoms. The van der Waals surface area contributed by atoms with Crippen molar-refractivity contribution in [2.45, 2.75) is 6.04 Å². The van der Waals surface area contributed by atoms with E-state index < -0.39 is 0 Å². The molecule has 0 saturated carbocycles. The molecule has 0 aliphatic carbocycles. The van der Waals surface area contributed by atoms with Crippen LogP contribution in [0.15, 0.2) is 53.5 Å². The molecular weight excluding hydrogens is 413 g/mol. The number of nitrogens with zero attached hydrogens (tertiary/aromatic N) is 2. The van der Waals surface area contributed by atoms with Crippen molar-refractivity contribution in [1.29, 1.82) is 0 Å². The van der Waals surface area contributed by atoms with Crippen LogP contribution >= 0.6 is 0 Å². The number of rotatable bonds is 8. The highest BCUT2D eigenvalue weighted by Gasteiger charge is 2.23. The molecule has 3 N–H and O–H groups in total. The monoisotopic (exact) mass is 443 g/mol. The second-order valence-electron chi connectivity index (χ2n) is 7.30. The van der Waals surface area contributed by atoms with E-state index in [2.05, 4.69) is 38.0 Å². The van der Waals surface area contributed by atoms with Gasteiger partial charge in [0, 0.05) is 32.4 Å². The predicted molar refractivity (Wildman–Crippen MR) is 123 cm³/mol. The standard InChI is InChI=1S/C23H30FN5O3/c1-25-23(27-16-22(30)28-19-7-5-18(24)6-8-19)26-15-21(29-11-13-32-14-12-29)17-3-9-20(31-2)10-4-17/h3-10,21H,11-16H2,1-2H3,(H,28,30)(H2,25,26,27). The number of benzene rings is 2. The van der Waals surface area contributed by atoms with Gasteiger partial charge in [-0.1, -0.05) is 12.1 Å². The predicted octanol–water partition coefficient (Wildman–Crippen LogP) is 2.01. The molecule has 0 radical (unpaired) electrons. The topological polar surface area (TPSA) is 87.2 Å². The number of morpholine rings is 1. The van der Waals surface area contributed by atoms with E-state index in [0.29, 0.717) is 31.4 Å². The van der Waals surface area contributed by atoms with Crippen molar-refractivity contribution in [2.75, 3.05) is 58.9 Å². The lowest BCUT2D eigenvalue weighted by Crippen LogP contribution is -2.47. The van der Waals surface area contributed by atoms with Gasteiger partial charge in [0.05, 0.1) is 32.9 Å². The Kier molecular flexibility index (Phi) is 8.82. The molecule has 172 valence electrons. The van der Waals surface area contributed by atoms with E-state index >= 15 is 0 Å². The van der Waals surface area contributed by atoms with Crippen LogP contribution in [0.5, 0.6) is 5.75 Å². The number of hydrogen-bond donors (Lipinski definition) is 3. The van der Waals surface area contributed by atoms with Gasteiger partial charge in [-0.05, 0) is 42.0 Å². The van der Waals surface area contributed by atoms with E-state index in [0.717, 1.165) is 24.4 Å². The molecule has 3 rings (SSSR count). The molecule has 1 heterocycles. The molecule has 1 aliphatic heterocycles. The number of carbonyl (C=O) groups is 1. The van der Waals surface area contributed by atoms with Crippen molar-refractivity contribution >= 4 is 17.6 Å². The lowest BCUT2D eigenvalue weighted by atomic mass is 10.0. The highest BCUT2D eigenvalue weighted by Crippen LogP contribution is 2.23. The number of halogens is 1. The Morgan fingerprint density at radius 1 is 1.12 bits per heavy atom. The summed E-state index contributed by atoms with van der Waals surface area (Å²) in [4.78, 5) is 18.8. The van der Waals surface area contributed by atoms with E-state index in [1.54, 1.807) is 14.2 Å². The first-order valence-corrected chi connectivity index (χ1v) is 10.5. The number of amides is 1. The molecule has 1 fully saturated rings. The van der Waals surface area contributed by atoms with E-state index in [1.165, 1.54) is 24.3 Å². The summed E-state index contributed by atoms with van der Waals surface area (Å²) in [5.41, 5.74) is 1.69. The van der Waals surface area contributed by atoms with Crippen LogP contribution in [-0.4, -0.2) is 70.3 Å². The first kappa shape index (κ1) is 23.5. The van der Waals surface area contributed by atoms with Gasteiger partial charge in [-0.25, -0.2) is 4.39 Å². The van der Waals surface area contributed by atoms with Crippen LogP contribution in [0.3, 0.4) is 0 Å². The summed E-state index contributed by atoms with van der Waals surface area (Å²) in [5.74, 6) is 0.731. The fourth-order valence-corrected chi connectivity index (χ4v) is 3.49. The lowest BCUT2D eigenvalue weighted by Gasteiger charge is -2.35. The minimum absolute atomic E-state index is 0.0296. The third kappa shape index (κ3) is 6.93. The van der Waals surface area contributed by atoms with E-state index in [4.69, 9.17) is 9.47 Å². The molecule has 0 aromatic heterocycles. The molecule has 1 atom stereocenters. The number of nitrogens with one attached hydrogen (secondary N) is 3. The van der Waals surface area contributed by atoms with Crippen LogP contribution < -0.4 is 20.7 Å². The maximum atomic E-state index is 13.0. The molecule has 2 aromatic carbocycles. The Labute approximate surface area is 187 Å². The molecule has 8 nitrogen and oxygen atoms in total. The number of carbonyl (C=O) groups excluding carboxylic acids is 1. The van der Waals surface area contributed by atoms with Gasteiger partial charge in [-0.3, -0.25) is 14.7 Å². The Morgan fingerprint density at radius 2 is 1.81 bits per heavy atom. The van der Waals surface area contributed by atoms with Crippen molar-refractivity contribution in [3.8, 4) is 5.75 Å². The molecule has 1 amide bonds. The van der Waals surface area contributed by atoms with Crippen LogP contribution in [0.1, 0.15) is 11.6 Å². The third-order valence-electron chi connectivity index (χ3n) is 5.22. The van der Waals surface area contributed by atoms with Crippen LogP contribution in [-0.2, 0) is 9.53 Å². The maximum Gasteiger partial charge on any atom is 0.243 e. The summed E-state index contributed by atoms with van der Waals surface area (Å²) in [7, 11) is 3.31. The summed E-state index contributed by atoms with van der Waals surface area (Å²) in [6.45, 7) is 3.70. The molecule has 0 bridgehead atoms. The van der Waals surface area contributed by atoms with Gasteiger partial charge in [0.1, 0.15) is 11.6 Å². The minimum Gasteiger partial charge on any atom is -0.497 e. The molecule has 2 aromatic rings. The number of guanidine groups is 1. The van der Waals surface area contributed by atoms with Gasteiger partial charge >= 0.3 is 0 Å². The first-order chi connectivity index (χ1) is 15.6. The largest absolute Gasteiger partial charge is 0.497 e. The van der Waals surface area contributed by atoms with Crippen molar-refractivity contribution in [2.24, 2.45) is 4.99 Å². The highest BCUT2D eigenvalue weighted by atomic mass is 19.1. The Morgan fingerprint density at radius 3 is 2.44 bits per heavy atom. The quantitative estimate of drug-likeness (QED) is 0.428. The zero-order chi connectivity index (χ0) is 22.8. The zero-order valence-corrected chi connectivity index (χ0v) is 18.4. The second kappa shape index (κ2) is 12.0. The average molecular weight is 444 g/mol. The third-order valence-corrected chi connectivity index (χ3v) is 5.22. The smallest absolute Gasteiger partial charge is 0.243 e. The lowest BCUT2D eigenvalue weighted by molar-refractivity contribution is -0.115. The summed E-state index contributed by atoms with van der Waals surface area (Å²) in [6, 6.07) is 13.8. The SMILES string of the molecule is CN=C(NCC(=O)Nc1ccc(F)cc1)NCC(c1ccc(OC)cc1)N1CCOCC1. The number of anilines is 1. The van der Waals surface area contributed by atoms with Crippen LogP contribution in [0.25, 0.3) is 0 Å². The van der Waals surface area contributed by atoms with Gasteiger partial charge in [-0.15, -0.1) is 0 Å². The average Bonchev–Trinajstić information content (AvgIpc) is 2.83. The van der Waals surface area contributed by atoms with E-state index in [-0.39, 0.29) is 24.3 Å². The summed E-state index contributed by atoms with van der Waals surface area (Å²) in [6.07, 6.45) is 0. The van der Waals surface area contributed by atoms with Crippen LogP contribution in [0.2, 0.25) is 0 Å². The molecule has 9 heteroatoms. The van der Waals surface area contributed by atoms with Gasteiger partial charge < -0.3 is 25.4 Å². The van der Waals surface area contributed by atoms with E-state index in [1.807, 2.05) is 12.1 Å². The summed E-state index contributed by atoms with van der Waals surface area (Å²) < 4.78 is 23.8. The number of ether oxygens (including phenoxy) is 2. The second-order valence-corrected chi connectivity index (χ2v) is 7.30. The van der Waals surface area contributed by atoms with Crippen molar-refractivity contribution < 1.29 is 18.7 Å². The normalized spacial score (nSPS) is 15.7. The Hall–Kier alpha value is -3.17. The fourth-order valence-electron chi connectivity index (χ4n) is 3.49. The molecular formula is C23H30FN5O3.